The number of carbonyl (C=O) groups is 1. The van der Waals surface area contributed by atoms with Gasteiger partial charge in [0.2, 0.25) is 0 Å². The fourth-order valence-corrected chi connectivity index (χ4v) is 4.12. The first-order valence-electron chi connectivity index (χ1n) is 5.50. The van der Waals surface area contributed by atoms with Crippen LogP contribution in [-0.2, 0) is 15.6 Å². The highest BCUT2D eigenvalue weighted by molar-refractivity contribution is 7.90. The second-order valence-electron chi connectivity index (χ2n) is 4.14. The van der Waals surface area contributed by atoms with Crippen LogP contribution in [0.4, 0.5) is 0 Å². The lowest BCUT2D eigenvalue weighted by atomic mass is 10.2. The third-order valence-corrected chi connectivity index (χ3v) is 5.52. The first kappa shape index (κ1) is 13.8. The number of hydrogen-bond donors (Lipinski definition) is 1. The van der Waals surface area contributed by atoms with Crippen LogP contribution in [0.5, 0.6) is 0 Å². The summed E-state index contributed by atoms with van der Waals surface area (Å²) in [5.41, 5.74) is 0.989. The van der Waals surface area contributed by atoms with Gasteiger partial charge in [0.15, 0.2) is 9.84 Å². The van der Waals surface area contributed by atoms with Crippen molar-refractivity contribution in [1.29, 1.82) is 0 Å². The van der Waals surface area contributed by atoms with E-state index >= 15 is 0 Å². The van der Waals surface area contributed by atoms with Crippen molar-refractivity contribution in [3.05, 3.63) is 51.7 Å². The van der Waals surface area contributed by atoms with E-state index in [4.69, 9.17) is 5.11 Å². The van der Waals surface area contributed by atoms with Crippen LogP contribution in [0, 0.1) is 6.92 Å². The zero-order chi connectivity index (χ0) is 14.0. The molecular weight excluding hydrogens is 284 g/mol. The lowest BCUT2D eigenvalue weighted by molar-refractivity contribution is 0.0702. The summed E-state index contributed by atoms with van der Waals surface area (Å²) in [6.45, 7) is 1.88. The summed E-state index contributed by atoms with van der Waals surface area (Å²) in [6, 6.07) is 9.58. The molecule has 0 atom stereocenters. The SMILES string of the molecule is Cc1ccc(S(=O)(=O)Cc2ccc(C(=O)O)s2)cc1. The zero-order valence-corrected chi connectivity index (χ0v) is 11.8. The average molecular weight is 296 g/mol. The number of rotatable bonds is 4. The summed E-state index contributed by atoms with van der Waals surface area (Å²) in [5, 5.41) is 8.81. The van der Waals surface area contributed by atoms with Gasteiger partial charge in [-0.05, 0) is 31.2 Å². The van der Waals surface area contributed by atoms with E-state index < -0.39 is 15.8 Å². The monoisotopic (exact) mass is 296 g/mol. The van der Waals surface area contributed by atoms with E-state index in [1.807, 2.05) is 6.92 Å². The Bertz CT molecular complexity index is 696. The topological polar surface area (TPSA) is 71.4 Å². The Hall–Kier alpha value is -1.66. The van der Waals surface area contributed by atoms with Gasteiger partial charge in [-0.15, -0.1) is 11.3 Å². The number of hydrogen-bond acceptors (Lipinski definition) is 4. The van der Waals surface area contributed by atoms with Crippen LogP contribution in [0.2, 0.25) is 0 Å². The van der Waals surface area contributed by atoms with E-state index in [1.54, 1.807) is 30.3 Å². The van der Waals surface area contributed by atoms with Crippen LogP contribution >= 0.6 is 11.3 Å². The predicted octanol–water partition coefficient (Wildman–Crippen LogP) is 2.73. The van der Waals surface area contributed by atoms with Gasteiger partial charge in [-0.2, -0.15) is 0 Å². The smallest absolute Gasteiger partial charge is 0.345 e. The van der Waals surface area contributed by atoms with Gasteiger partial charge < -0.3 is 5.11 Å². The molecule has 100 valence electrons. The van der Waals surface area contributed by atoms with Crippen molar-refractivity contribution < 1.29 is 18.3 Å². The molecule has 4 nitrogen and oxygen atoms in total. The summed E-state index contributed by atoms with van der Waals surface area (Å²) in [4.78, 5) is 11.7. The number of carboxylic acids is 1. The molecule has 2 rings (SSSR count). The Morgan fingerprint density at radius 1 is 1.16 bits per heavy atom. The molecule has 0 saturated heterocycles. The van der Waals surface area contributed by atoms with Crippen molar-refractivity contribution in [2.45, 2.75) is 17.6 Å². The lowest BCUT2D eigenvalue weighted by Crippen LogP contribution is -2.03. The maximum Gasteiger partial charge on any atom is 0.345 e. The second-order valence-corrected chi connectivity index (χ2v) is 7.30. The van der Waals surface area contributed by atoms with Gasteiger partial charge in [-0.25, -0.2) is 13.2 Å². The fraction of sp³-hybridized carbons (Fsp3) is 0.154. The minimum atomic E-state index is -3.42. The molecule has 0 saturated carbocycles. The number of benzene rings is 1. The standard InChI is InChI=1S/C13H12O4S2/c1-9-2-5-11(6-3-9)19(16,17)8-10-4-7-12(18-10)13(14)15/h2-7H,8H2,1H3,(H,14,15). The molecule has 0 amide bonds. The highest BCUT2D eigenvalue weighted by Crippen LogP contribution is 2.22. The largest absolute Gasteiger partial charge is 0.477 e. The molecule has 0 aliphatic carbocycles. The van der Waals surface area contributed by atoms with Crippen LogP contribution in [-0.4, -0.2) is 19.5 Å². The zero-order valence-electron chi connectivity index (χ0n) is 10.2. The van der Waals surface area contributed by atoms with Crippen LogP contribution in [0.3, 0.4) is 0 Å². The second kappa shape index (κ2) is 5.14. The minimum absolute atomic E-state index is 0.147. The molecule has 0 bridgehead atoms. The minimum Gasteiger partial charge on any atom is -0.477 e. The Kier molecular flexibility index (Phi) is 3.73. The van der Waals surface area contributed by atoms with E-state index in [0.717, 1.165) is 16.9 Å². The van der Waals surface area contributed by atoms with Crippen molar-refractivity contribution in [2.24, 2.45) is 0 Å². The van der Waals surface area contributed by atoms with E-state index in [-0.39, 0.29) is 15.5 Å². The molecule has 0 fully saturated rings. The Morgan fingerprint density at radius 2 is 1.79 bits per heavy atom. The van der Waals surface area contributed by atoms with Crippen molar-refractivity contribution in [3.63, 3.8) is 0 Å². The number of carboxylic acid groups (broad SMARTS) is 1. The van der Waals surface area contributed by atoms with Gasteiger partial charge in [0.05, 0.1) is 10.6 Å². The molecule has 0 radical (unpaired) electrons. The van der Waals surface area contributed by atoms with Crippen molar-refractivity contribution in [1.82, 2.24) is 0 Å². The summed E-state index contributed by atoms with van der Waals surface area (Å²) >= 11 is 0.987. The third kappa shape index (κ3) is 3.21. The number of sulfone groups is 1. The van der Waals surface area contributed by atoms with E-state index in [1.165, 1.54) is 6.07 Å². The molecule has 1 N–H and O–H groups in total. The highest BCUT2D eigenvalue weighted by atomic mass is 32.2. The molecule has 1 aromatic heterocycles. The van der Waals surface area contributed by atoms with Gasteiger partial charge in [-0.3, -0.25) is 0 Å². The molecule has 19 heavy (non-hydrogen) atoms. The summed E-state index contributed by atoms with van der Waals surface area (Å²) in [6.07, 6.45) is 0. The average Bonchev–Trinajstić information content (AvgIpc) is 2.77. The molecule has 0 aliphatic heterocycles. The van der Waals surface area contributed by atoms with Gasteiger partial charge in [-0.1, -0.05) is 17.7 Å². The van der Waals surface area contributed by atoms with Crippen LogP contribution in [0.25, 0.3) is 0 Å². The molecule has 0 unspecified atom stereocenters. The Labute approximate surface area is 115 Å². The van der Waals surface area contributed by atoms with Crippen molar-refractivity contribution in [3.8, 4) is 0 Å². The van der Waals surface area contributed by atoms with E-state index in [9.17, 15) is 13.2 Å². The van der Waals surface area contributed by atoms with E-state index in [0.29, 0.717) is 4.88 Å². The summed E-state index contributed by atoms with van der Waals surface area (Å²) in [7, 11) is -3.42. The van der Waals surface area contributed by atoms with Crippen LogP contribution in [0.1, 0.15) is 20.1 Å². The molecule has 1 aromatic carbocycles. The molecular formula is C13H12O4S2. The first-order valence-corrected chi connectivity index (χ1v) is 7.97. The van der Waals surface area contributed by atoms with Gasteiger partial charge in [0, 0.05) is 4.88 Å². The van der Waals surface area contributed by atoms with Gasteiger partial charge in [0.1, 0.15) is 4.88 Å². The van der Waals surface area contributed by atoms with Gasteiger partial charge >= 0.3 is 5.97 Å². The van der Waals surface area contributed by atoms with Gasteiger partial charge in [0.25, 0.3) is 0 Å². The van der Waals surface area contributed by atoms with Crippen LogP contribution < -0.4 is 0 Å². The quantitative estimate of drug-likeness (QED) is 0.941. The molecule has 0 spiro atoms. The van der Waals surface area contributed by atoms with Crippen molar-refractivity contribution >= 4 is 27.1 Å². The number of aromatic carboxylic acids is 1. The van der Waals surface area contributed by atoms with Crippen LogP contribution in [0.15, 0.2) is 41.3 Å². The number of aryl methyl sites for hydroxylation is 1. The fourth-order valence-electron chi connectivity index (χ4n) is 1.59. The third-order valence-electron chi connectivity index (χ3n) is 2.58. The molecule has 2 aromatic rings. The molecule has 6 heteroatoms. The molecule has 0 aliphatic rings. The van der Waals surface area contributed by atoms with E-state index in [2.05, 4.69) is 0 Å². The summed E-state index contributed by atoms with van der Waals surface area (Å²) < 4.78 is 24.3. The maximum atomic E-state index is 12.2. The predicted molar refractivity (Wildman–Crippen MR) is 73.3 cm³/mol. The number of thiophene rings is 1. The normalized spacial score (nSPS) is 11.4. The Balaban J connectivity index is 2.25. The summed E-state index contributed by atoms with van der Waals surface area (Å²) in [5.74, 6) is -1.21. The lowest BCUT2D eigenvalue weighted by Gasteiger charge is -2.03. The maximum absolute atomic E-state index is 12.2. The van der Waals surface area contributed by atoms with Crippen molar-refractivity contribution in [2.75, 3.05) is 0 Å². The first-order chi connectivity index (χ1) is 8.88. The molecule has 1 heterocycles. The Morgan fingerprint density at radius 3 is 2.32 bits per heavy atom. The highest BCUT2D eigenvalue weighted by Gasteiger charge is 2.17.